The molecular formula is C16H22N2O2S. The van der Waals surface area contributed by atoms with Gasteiger partial charge in [0.2, 0.25) is 0 Å². The van der Waals surface area contributed by atoms with Crippen LogP contribution >= 0.6 is 11.3 Å². The van der Waals surface area contributed by atoms with Crippen molar-refractivity contribution in [3.05, 3.63) is 45.9 Å². The third-order valence-corrected chi connectivity index (χ3v) is 4.05. The molecule has 1 N–H and O–H groups in total. The molecule has 0 saturated heterocycles. The molecule has 2 aromatic rings. The number of nitrogens with zero attached hydrogens (tertiary/aromatic N) is 1. The fourth-order valence-electron chi connectivity index (χ4n) is 2.23. The number of nitrogens with one attached hydrogen (secondary N) is 1. The van der Waals surface area contributed by atoms with E-state index in [2.05, 4.69) is 34.7 Å². The highest BCUT2D eigenvalue weighted by molar-refractivity contribution is 7.07. The minimum Gasteiger partial charge on any atom is -0.496 e. The standard InChI is InChI=1S/C16H22N2O2S/c1-12(17-7-6-15-10-21-11-18-15)13-4-5-16(20-3)14(8-13)9-19-2/h4-5,8,10-12,17H,6-7,9H2,1-3H3. The molecule has 4 nitrogen and oxygen atoms in total. The number of hydrogen-bond acceptors (Lipinski definition) is 5. The summed E-state index contributed by atoms with van der Waals surface area (Å²) < 4.78 is 10.6. The van der Waals surface area contributed by atoms with Crippen LogP contribution in [0.25, 0.3) is 0 Å². The summed E-state index contributed by atoms with van der Waals surface area (Å²) in [5, 5.41) is 5.62. The summed E-state index contributed by atoms with van der Waals surface area (Å²) in [6.45, 7) is 3.64. The topological polar surface area (TPSA) is 43.4 Å². The Balaban J connectivity index is 1.94. The summed E-state index contributed by atoms with van der Waals surface area (Å²) in [7, 11) is 3.38. The van der Waals surface area contributed by atoms with Crippen LogP contribution in [0.3, 0.4) is 0 Å². The van der Waals surface area contributed by atoms with E-state index in [4.69, 9.17) is 9.47 Å². The average molecular weight is 306 g/mol. The van der Waals surface area contributed by atoms with Crippen LogP contribution in [0.1, 0.15) is 29.8 Å². The molecule has 0 fully saturated rings. The zero-order chi connectivity index (χ0) is 15.1. The highest BCUT2D eigenvalue weighted by atomic mass is 32.1. The summed E-state index contributed by atoms with van der Waals surface area (Å²) >= 11 is 1.64. The second kappa shape index (κ2) is 8.12. The van der Waals surface area contributed by atoms with Crippen molar-refractivity contribution in [2.45, 2.75) is 26.0 Å². The van der Waals surface area contributed by atoms with Crippen LogP contribution < -0.4 is 10.1 Å². The molecule has 0 aliphatic heterocycles. The number of rotatable bonds is 8. The van der Waals surface area contributed by atoms with Crippen molar-refractivity contribution in [3.8, 4) is 5.75 Å². The van der Waals surface area contributed by atoms with Gasteiger partial charge in [0.25, 0.3) is 0 Å². The van der Waals surface area contributed by atoms with Gasteiger partial charge in [-0.2, -0.15) is 0 Å². The number of ether oxygens (including phenoxy) is 2. The summed E-state index contributed by atoms with van der Waals surface area (Å²) in [4.78, 5) is 4.29. The summed E-state index contributed by atoms with van der Waals surface area (Å²) in [6.07, 6.45) is 0.953. The maximum atomic E-state index is 5.36. The van der Waals surface area contributed by atoms with Gasteiger partial charge in [0, 0.05) is 37.1 Å². The molecule has 0 spiro atoms. The van der Waals surface area contributed by atoms with Crippen LogP contribution in [0.2, 0.25) is 0 Å². The number of hydrogen-bond donors (Lipinski definition) is 1. The maximum absolute atomic E-state index is 5.36. The van der Waals surface area contributed by atoms with Crippen LogP contribution in [0.5, 0.6) is 5.75 Å². The lowest BCUT2D eigenvalue weighted by molar-refractivity contribution is 0.181. The van der Waals surface area contributed by atoms with E-state index in [9.17, 15) is 0 Å². The van der Waals surface area contributed by atoms with Crippen molar-refractivity contribution >= 4 is 11.3 Å². The maximum Gasteiger partial charge on any atom is 0.124 e. The van der Waals surface area contributed by atoms with Gasteiger partial charge in [-0.1, -0.05) is 6.07 Å². The lowest BCUT2D eigenvalue weighted by Gasteiger charge is -2.16. The molecule has 2 rings (SSSR count). The van der Waals surface area contributed by atoms with Gasteiger partial charge in [-0.25, -0.2) is 4.98 Å². The highest BCUT2D eigenvalue weighted by Crippen LogP contribution is 2.24. The van der Waals surface area contributed by atoms with Gasteiger partial charge in [-0.05, 0) is 24.6 Å². The van der Waals surface area contributed by atoms with Gasteiger partial charge in [0.1, 0.15) is 5.75 Å². The molecule has 1 heterocycles. The molecule has 0 saturated carbocycles. The molecule has 1 atom stereocenters. The molecule has 0 amide bonds. The zero-order valence-electron chi connectivity index (χ0n) is 12.8. The van der Waals surface area contributed by atoms with E-state index in [0.29, 0.717) is 6.61 Å². The summed E-state index contributed by atoms with van der Waals surface area (Å²) in [5.41, 5.74) is 5.33. The molecule has 1 aromatic heterocycles. The van der Waals surface area contributed by atoms with Crippen LogP contribution in [0.4, 0.5) is 0 Å². The lowest BCUT2D eigenvalue weighted by atomic mass is 10.0. The summed E-state index contributed by atoms with van der Waals surface area (Å²) in [6, 6.07) is 6.52. The smallest absolute Gasteiger partial charge is 0.124 e. The summed E-state index contributed by atoms with van der Waals surface area (Å²) in [5.74, 6) is 0.871. The van der Waals surface area contributed by atoms with Gasteiger partial charge < -0.3 is 14.8 Å². The van der Waals surface area contributed by atoms with Crippen molar-refractivity contribution in [2.75, 3.05) is 20.8 Å². The van der Waals surface area contributed by atoms with Crippen molar-refractivity contribution in [1.29, 1.82) is 0 Å². The third-order valence-electron chi connectivity index (χ3n) is 3.42. The van der Waals surface area contributed by atoms with Gasteiger partial charge in [0.05, 0.1) is 24.9 Å². The molecule has 1 unspecified atom stereocenters. The molecule has 1 aromatic carbocycles. The fraction of sp³-hybridized carbons (Fsp3) is 0.438. The Morgan fingerprint density at radius 2 is 2.19 bits per heavy atom. The normalized spacial score (nSPS) is 12.3. The van der Waals surface area contributed by atoms with Crippen LogP contribution in [-0.2, 0) is 17.8 Å². The van der Waals surface area contributed by atoms with E-state index >= 15 is 0 Å². The second-order valence-electron chi connectivity index (χ2n) is 4.91. The minimum absolute atomic E-state index is 0.283. The van der Waals surface area contributed by atoms with Gasteiger partial charge >= 0.3 is 0 Å². The van der Waals surface area contributed by atoms with Gasteiger partial charge in [0.15, 0.2) is 0 Å². The molecular weight excluding hydrogens is 284 g/mol. The largest absolute Gasteiger partial charge is 0.496 e. The van der Waals surface area contributed by atoms with Crippen molar-refractivity contribution in [3.63, 3.8) is 0 Å². The average Bonchev–Trinajstić information content (AvgIpc) is 3.00. The minimum atomic E-state index is 0.283. The third kappa shape index (κ3) is 4.52. The Morgan fingerprint density at radius 1 is 1.33 bits per heavy atom. The van der Waals surface area contributed by atoms with E-state index in [-0.39, 0.29) is 6.04 Å². The van der Waals surface area contributed by atoms with E-state index in [1.807, 2.05) is 11.6 Å². The van der Waals surface area contributed by atoms with Crippen LogP contribution in [-0.4, -0.2) is 25.7 Å². The Kier molecular flexibility index (Phi) is 6.17. The first-order chi connectivity index (χ1) is 10.2. The Bertz CT molecular complexity index is 543. The van der Waals surface area contributed by atoms with E-state index in [0.717, 1.165) is 30.0 Å². The Labute approximate surface area is 130 Å². The van der Waals surface area contributed by atoms with E-state index < -0.39 is 0 Å². The SMILES string of the molecule is COCc1cc(C(C)NCCc2cscn2)ccc1OC. The molecule has 0 bridgehead atoms. The number of aromatic nitrogens is 1. The molecule has 21 heavy (non-hydrogen) atoms. The van der Waals surface area contributed by atoms with Crippen LogP contribution in [0, 0.1) is 0 Å². The Morgan fingerprint density at radius 3 is 2.86 bits per heavy atom. The zero-order valence-corrected chi connectivity index (χ0v) is 13.6. The predicted molar refractivity (Wildman–Crippen MR) is 85.9 cm³/mol. The monoisotopic (exact) mass is 306 g/mol. The molecule has 114 valence electrons. The predicted octanol–water partition coefficient (Wildman–Crippen LogP) is 3.19. The molecule has 0 aliphatic carbocycles. The van der Waals surface area contributed by atoms with Crippen LogP contribution in [0.15, 0.2) is 29.1 Å². The number of benzene rings is 1. The molecule has 5 heteroatoms. The lowest BCUT2D eigenvalue weighted by Crippen LogP contribution is -2.21. The van der Waals surface area contributed by atoms with Crippen molar-refractivity contribution < 1.29 is 9.47 Å². The number of thiazole rings is 1. The second-order valence-corrected chi connectivity index (χ2v) is 5.63. The molecule has 0 aliphatic rings. The van der Waals surface area contributed by atoms with Crippen molar-refractivity contribution in [1.82, 2.24) is 10.3 Å². The van der Waals surface area contributed by atoms with Gasteiger partial charge in [-0.3, -0.25) is 0 Å². The number of methoxy groups -OCH3 is 2. The first kappa shape index (κ1) is 15.9. The quantitative estimate of drug-likeness (QED) is 0.813. The Hall–Kier alpha value is -1.43. The fourth-order valence-corrected chi connectivity index (χ4v) is 2.82. The molecule has 0 radical (unpaired) electrons. The van der Waals surface area contributed by atoms with Gasteiger partial charge in [-0.15, -0.1) is 11.3 Å². The van der Waals surface area contributed by atoms with Crippen molar-refractivity contribution in [2.24, 2.45) is 0 Å². The van der Waals surface area contributed by atoms with E-state index in [1.54, 1.807) is 25.6 Å². The highest BCUT2D eigenvalue weighted by Gasteiger charge is 2.09. The van der Waals surface area contributed by atoms with E-state index in [1.165, 1.54) is 5.56 Å². The first-order valence-corrected chi connectivity index (χ1v) is 7.95. The first-order valence-electron chi connectivity index (χ1n) is 7.00.